The SMILES string of the molecule is CCC1CCCCN1C(=O)CSc1ccc(N)cc1Br. The number of carbonyl (C=O) groups excluding carboxylic acids is 1. The number of thioether (sulfide) groups is 1. The third-order valence-electron chi connectivity index (χ3n) is 3.73. The molecule has 1 aliphatic rings. The highest BCUT2D eigenvalue weighted by Crippen LogP contribution is 2.30. The summed E-state index contributed by atoms with van der Waals surface area (Å²) >= 11 is 5.07. The van der Waals surface area contributed by atoms with E-state index in [0.717, 1.165) is 40.9 Å². The van der Waals surface area contributed by atoms with E-state index in [1.807, 2.05) is 18.2 Å². The molecule has 0 aromatic heterocycles. The van der Waals surface area contributed by atoms with Gasteiger partial charge in [0, 0.05) is 27.6 Å². The van der Waals surface area contributed by atoms with E-state index in [0.29, 0.717) is 11.8 Å². The molecule has 5 heteroatoms. The fourth-order valence-corrected chi connectivity index (χ4v) is 4.16. The molecule has 0 aliphatic carbocycles. The number of benzene rings is 1. The molecule has 0 bridgehead atoms. The minimum Gasteiger partial charge on any atom is -0.399 e. The van der Waals surface area contributed by atoms with Crippen LogP contribution in [0.4, 0.5) is 5.69 Å². The Kier molecular flexibility index (Phi) is 5.78. The van der Waals surface area contributed by atoms with Crippen LogP contribution < -0.4 is 5.73 Å². The quantitative estimate of drug-likeness (QED) is 0.656. The Balaban J connectivity index is 1.94. The van der Waals surface area contributed by atoms with Crippen molar-refractivity contribution in [3.63, 3.8) is 0 Å². The molecule has 1 atom stereocenters. The highest BCUT2D eigenvalue weighted by atomic mass is 79.9. The van der Waals surface area contributed by atoms with Crippen molar-refractivity contribution in [2.75, 3.05) is 18.0 Å². The van der Waals surface area contributed by atoms with Crippen LogP contribution in [0.25, 0.3) is 0 Å². The molecular formula is C15H21BrN2OS. The molecule has 1 aromatic carbocycles. The maximum absolute atomic E-state index is 12.4. The zero-order chi connectivity index (χ0) is 14.5. The van der Waals surface area contributed by atoms with Crippen LogP contribution >= 0.6 is 27.7 Å². The fourth-order valence-electron chi connectivity index (χ4n) is 2.61. The number of hydrogen-bond donors (Lipinski definition) is 1. The van der Waals surface area contributed by atoms with Gasteiger partial charge in [-0.25, -0.2) is 0 Å². The summed E-state index contributed by atoms with van der Waals surface area (Å²) in [7, 11) is 0. The Hall–Kier alpha value is -0.680. The Morgan fingerprint density at radius 1 is 1.50 bits per heavy atom. The second kappa shape index (κ2) is 7.36. The number of likely N-dealkylation sites (tertiary alicyclic amines) is 1. The van der Waals surface area contributed by atoms with Crippen molar-refractivity contribution in [1.29, 1.82) is 0 Å². The number of piperidine rings is 1. The number of carbonyl (C=O) groups is 1. The van der Waals surface area contributed by atoms with Crippen LogP contribution in [-0.4, -0.2) is 29.1 Å². The monoisotopic (exact) mass is 356 g/mol. The first-order chi connectivity index (χ1) is 9.61. The number of amides is 1. The van der Waals surface area contributed by atoms with E-state index in [2.05, 4.69) is 27.8 Å². The summed E-state index contributed by atoms with van der Waals surface area (Å²) in [6, 6.07) is 6.15. The lowest BCUT2D eigenvalue weighted by atomic mass is 10.0. The lowest BCUT2D eigenvalue weighted by Gasteiger charge is -2.35. The smallest absolute Gasteiger partial charge is 0.233 e. The molecule has 110 valence electrons. The molecule has 0 saturated carbocycles. The van der Waals surface area contributed by atoms with Gasteiger partial charge >= 0.3 is 0 Å². The zero-order valence-corrected chi connectivity index (χ0v) is 14.2. The van der Waals surface area contributed by atoms with Crippen molar-refractivity contribution in [2.24, 2.45) is 0 Å². The van der Waals surface area contributed by atoms with Crippen LogP contribution in [0.2, 0.25) is 0 Å². The first-order valence-electron chi connectivity index (χ1n) is 7.09. The van der Waals surface area contributed by atoms with Crippen molar-refractivity contribution < 1.29 is 4.79 Å². The first-order valence-corrected chi connectivity index (χ1v) is 8.87. The summed E-state index contributed by atoms with van der Waals surface area (Å²) < 4.78 is 0.959. The number of anilines is 1. The van der Waals surface area contributed by atoms with Crippen LogP contribution in [0, 0.1) is 0 Å². The Morgan fingerprint density at radius 3 is 3.00 bits per heavy atom. The van der Waals surface area contributed by atoms with Crippen molar-refractivity contribution in [2.45, 2.75) is 43.5 Å². The molecular weight excluding hydrogens is 336 g/mol. The predicted octanol–water partition coefficient (Wildman–Crippen LogP) is 3.91. The molecule has 1 saturated heterocycles. The summed E-state index contributed by atoms with van der Waals surface area (Å²) in [6.07, 6.45) is 4.60. The molecule has 1 aromatic rings. The summed E-state index contributed by atoms with van der Waals surface area (Å²) in [5.74, 6) is 0.754. The average molecular weight is 357 g/mol. The van der Waals surface area contributed by atoms with Crippen molar-refractivity contribution in [3.8, 4) is 0 Å². The van der Waals surface area contributed by atoms with Crippen LogP contribution in [0.5, 0.6) is 0 Å². The summed E-state index contributed by atoms with van der Waals surface area (Å²) in [6.45, 7) is 3.08. The van der Waals surface area contributed by atoms with Gasteiger partial charge in [0.05, 0.1) is 5.75 Å². The van der Waals surface area contributed by atoms with Crippen LogP contribution in [-0.2, 0) is 4.79 Å². The lowest BCUT2D eigenvalue weighted by molar-refractivity contribution is -0.132. The van der Waals surface area contributed by atoms with E-state index in [-0.39, 0.29) is 5.91 Å². The van der Waals surface area contributed by atoms with Crippen molar-refractivity contribution in [3.05, 3.63) is 22.7 Å². The van der Waals surface area contributed by atoms with E-state index in [1.54, 1.807) is 11.8 Å². The Morgan fingerprint density at radius 2 is 2.30 bits per heavy atom. The molecule has 1 unspecified atom stereocenters. The second-order valence-corrected chi connectivity index (χ2v) is 7.00. The van der Waals surface area contributed by atoms with Gasteiger partial charge < -0.3 is 10.6 Å². The van der Waals surface area contributed by atoms with Gasteiger partial charge in [0.25, 0.3) is 0 Å². The summed E-state index contributed by atoms with van der Waals surface area (Å²) in [5.41, 5.74) is 6.45. The van der Waals surface area contributed by atoms with Gasteiger partial charge in [0.2, 0.25) is 5.91 Å². The van der Waals surface area contributed by atoms with Gasteiger partial charge in [-0.15, -0.1) is 11.8 Å². The highest BCUT2D eigenvalue weighted by Gasteiger charge is 2.25. The van der Waals surface area contributed by atoms with Crippen molar-refractivity contribution in [1.82, 2.24) is 4.90 Å². The topological polar surface area (TPSA) is 46.3 Å². The molecule has 3 nitrogen and oxygen atoms in total. The number of rotatable bonds is 4. The van der Waals surface area contributed by atoms with Gasteiger partial charge in [-0.3, -0.25) is 4.79 Å². The minimum absolute atomic E-state index is 0.255. The molecule has 2 rings (SSSR count). The predicted molar refractivity (Wildman–Crippen MR) is 88.9 cm³/mol. The number of hydrogen-bond acceptors (Lipinski definition) is 3. The standard InChI is InChI=1S/C15H21BrN2OS/c1-2-12-5-3-4-8-18(12)15(19)10-20-14-7-6-11(17)9-13(14)16/h6-7,9,12H,2-5,8,10,17H2,1H3. The van der Waals surface area contributed by atoms with Gasteiger partial charge in [0.1, 0.15) is 0 Å². The van der Waals surface area contributed by atoms with E-state index in [1.165, 1.54) is 6.42 Å². The summed E-state index contributed by atoms with van der Waals surface area (Å²) in [5, 5.41) is 0. The van der Waals surface area contributed by atoms with Gasteiger partial charge in [-0.1, -0.05) is 6.92 Å². The van der Waals surface area contributed by atoms with Crippen LogP contribution in [0.3, 0.4) is 0 Å². The Labute approximate surface area is 133 Å². The molecule has 1 aliphatic heterocycles. The third-order valence-corrected chi connectivity index (χ3v) is 5.70. The lowest BCUT2D eigenvalue weighted by Crippen LogP contribution is -2.44. The highest BCUT2D eigenvalue weighted by molar-refractivity contribution is 9.10. The van der Waals surface area contributed by atoms with Crippen LogP contribution in [0.1, 0.15) is 32.6 Å². The molecule has 1 heterocycles. The zero-order valence-electron chi connectivity index (χ0n) is 11.8. The molecule has 1 fully saturated rings. The van der Waals surface area contributed by atoms with Gasteiger partial charge in [-0.05, 0) is 59.8 Å². The maximum Gasteiger partial charge on any atom is 0.233 e. The summed E-state index contributed by atoms with van der Waals surface area (Å²) in [4.78, 5) is 15.5. The minimum atomic E-state index is 0.255. The first kappa shape index (κ1) is 15.7. The normalized spacial score (nSPS) is 19.1. The molecule has 0 spiro atoms. The number of nitrogen functional groups attached to an aromatic ring is 1. The van der Waals surface area contributed by atoms with E-state index in [4.69, 9.17) is 5.73 Å². The van der Waals surface area contributed by atoms with Crippen LogP contribution in [0.15, 0.2) is 27.6 Å². The molecule has 20 heavy (non-hydrogen) atoms. The largest absolute Gasteiger partial charge is 0.399 e. The average Bonchev–Trinajstić information content (AvgIpc) is 2.46. The molecule has 2 N–H and O–H groups in total. The van der Waals surface area contributed by atoms with Gasteiger partial charge in [0.15, 0.2) is 0 Å². The molecule has 0 radical (unpaired) electrons. The van der Waals surface area contributed by atoms with E-state index >= 15 is 0 Å². The number of halogens is 1. The van der Waals surface area contributed by atoms with Gasteiger partial charge in [-0.2, -0.15) is 0 Å². The third kappa shape index (κ3) is 3.92. The number of nitrogens with two attached hydrogens (primary N) is 1. The maximum atomic E-state index is 12.4. The van der Waals surface area contributed by atoms with Crippen molar-refractivity contribution >= 4 is 39.3 Å². The number of nitrogens with zero attached hydrogens (tertiary/aromatic N) is 1. The molecule has 1 amide bonds. The van der Waals surface area contributed by atoms with E-state index in [9.17, 15) is 4.79 Å². The van der Waals surface area contributed by atoms with E-state index < -0.39 is 0 Å². The Bertz CT molecular complexity index is 481. The fraction of sp³-hybridized carbons (Fsp3) is 0.533. The second-order valence-electron chi connectivity index (χ2n) is 5.12.